The second-order valence-electron chi connectivity index (χ2n) is 5.44. The SMILES string of the molecule is CCS(=O)(=O)N1CCC(C(=O)Nc2ccccc2SC(F)F)CC1. The van der Waals surface area contributed by atoms with Crippen LogP contribution in [-0.2, 0) is 14.8 Å². The number of hydrogen-bond donors (Lipinski definition) is 1. The number of rotatable bonds is 6. The van der Waals surface area contributed by atoms with Crippen molar-refractivity contribution in [3.8, 4) is 0 Å². The van der Waals surface area contributed by atoms with Crippen molar-refractivity contribution in [1.29, 1.82) is 0 Å². The zero-order chi connectivity index (χ0) is 17.7. The van der Waals surface area contributed by atoms with Gasteiger partial charge in [0.1, 0.15) is 0 Å². The average Bonchev–Trinajstić information content (AvgIpc) is 2.56. The third-order valence-corrected chi connectivity index (χ3v) is 6.61. The number of halogens is 2. The molecule has 1 aliphatic rings. The molecule has 5 nitrogen and oxygen atoms in total. The number of nitrogens with zero attached hydrogens (tertiary/aromatic N) is 1. The lowest BCUT2D eigenvalue weighted by Gasteiger charge is -2.30. The van der Waals surface area contributed by atoms with Crippen molar-refractivity contribution in [2.24, 2.45) is 5.92 Å². The van der Waals surface area contributed by atoms with Gasteiger partial charge >= 0.3 is 0 Å². The second-order valence-corrected chi connectivity index (χ2v) is 8.73. The van der Waals surface area contributed by atoms with E-state index < -0.39 is 15.8 Å². The van der Waals surface area contributed by atoms with Crippen molar-refractivity contribution in [1.82, 2.24) is 4.31 Å². The maximum Gasteiger partial charge on any atom is 0.288 e. The summed E-state index contributed by atoms with van der Waals surface area (Å²) in [4.78, 5) is 12.7. The third-order valence-electron chi connectivity index (χ3n) is 3.94. The van der Waals surface area contributed by atoms with E-state index >= 15 is 0 Å². The number of amides is 1. The van der Waals surface area contributed by atoms with Crippen LogP contribution in [0.3, 0.4) is 0 Å². The topological polar surface area (TPSA) is 66.5 Å². The summed E-state index contributed by atoms with van der Waals surface area (Å²) in [5, 5.41) is 2.69. The molecule has 1 aliphatic heterocycles. The van der Waals surface area contributed by atoms with Gasteiger partial charge < -0.3 is 5.32 Å². The van der Waals surface area contributed by atoms with E-state index in [2.05, 4.69) is 5.32 Å². The first kappa shape index (κ1) is 19.1. The molecule has 0 aromatic heterocycles. The second kappa shape index (κ2) is 8.26. The minimum atomic E-state index is -3.23. The Labute approximate surface area is 144 Å². The Morgan fingerprint density at radius 3 is 2.54 bits per heavy atom. The lowest BCUT2D eigenvalue weighted by atomic mass is 9.97. The van der Waals surface area contributed by atoms with E-state index in [1.165, 1.54) is 10.4 Å². The number of anilines is 1. The van der Waals surface area contributed by atoms with Crippen LogP contribution in [0.2, 0.25) is 0 Å². The van der Waals surface area contributed by atoms with Gasteiger partial charge in [-0.05, 0) is 31.9 Å². The monoisotopic (exact) mass is 378 g/mol. The molecule has 1 aromatic carbocycles. The summed E-state index contributed by atoms with van der Waals surface area (Å²) in [6.45, 7) is 2.20. The maximum absolute atomic E-state index is 12.6. The molecule has 1 fully saturated rings. The summed E-state index contributed by atoms with van der Waals surface area (Å²) in [5.41, 5.74) is 0.358. The maximum atomic E-state index is 12.6. The van der Waals surface area contributed by atoms with Gasteiger partial charge in [0, 0.05) is 23.9 Å². The molecule has 0 bridgehead atoms. The van der Waals surface area contributed by atoms with E-state index in [0.717, 1.165) is 0 Å². The van der Waals surface area contributed by atoms with Crippen LogP contribution >= 0.6 is 11.8 Å². The molecule has 0 saturated carbocycles. The zero-order valence-corrected chi connectivity index (χ0v) is 14.9. The van der Waals surface area contributed by atoms with E-state index in [1.807, 2.05) is 0 Å². The van der Waals surface area contributed by atoms with E-state index in [4.69, 9.17) is 0 Å². The molecule has 9 heteroatoms. The first-order valence-electron chi connectivity index (χ1n) is 7.66. The van der Waals surface area contributed by atoms with Gasteiger partial charge in [-0.1, -0.05) is 23.9 Å². The van der Waals surface area contributed by atoms with Crippen molar-refractivity contribution in [2.45, 2.75) is 30.4 Å². The van der Waals surface area contributed by atoms with Crippen molar-refractivity contribution in [3.63, 3.8) is 0 Å². The summed E-state index contributed by atoms with van der Waals surface area (Å²) in [6, 6.07) is 6.41. The number of para-hydroxylation sites is 1. The lowest BCUT2D eigenvalue weighted by Crippen LogP contribution is -2.42. The number of alkyl halides is 2. The van der Waals surface area contributed by atoms with Crippen molar-refractivity contribution in [2.75, 3.05) is 24.2 Å². The Hall–Kier alpha value is -1.19. The van der Waals surface area contributed by atoms with Crippen molar-refractivity contribution >= 4 is 33.4 Å². The minimum absolute atomic E-state index is 0.0437. The van der Waals surface area contributed by atoms with Gasteiger partial charge in [0.05, 0.1) is 11.4 Å². The molecule has 1 aromatic rings. The summed E-state index contributed by atoms with van der Waals surface area (Å²) in [5.74, 6) is -3.10. The van der Waals surface area contributed by atoms with Crippen LogP contribution in [0.1, 0.15) is 19.8 Å². The molecule has 24 heavy (non-hydrogen) atoms. The molecule has 0 aliphatic carbocycles. The highest BCUT2D eigenvalue weighted by atomic mass is 32.2. The average molecular weight is 378 g/mol. The molecule has 134 valence electrons. The van der Waals surface area contributed by atoms with E-state index in [1.54, 1.807) is 25.1 Å². The zero-order valence-electron chi connectivity index (χ0n) is 13.2. The van der Waals surface area contributed by atoms with Crippen LogP contribution in [0.5, 0.6) is 0 Å². The number of carbonyl (C=O) groups is 1. The summed E-state index contributed by atoms with van der Waals surface area (Å²) >= 11 is 0.385. The largest absolute Gasteiger partial charge is 0.325 e. The number of thioether (sulfide) groups is 1. The van der Waals surface area contributed by atoms with Crippen LogP contribution in [0.15, 0.2) is 29.2 Å². The van der Waals surface area contributed by atoms with Gasteiger partial charge in [-0.2, -0.15) is 8.78 Å². The van der Waals surface area contributed by atoms with Gasteiger partial charge in [0.15, 0.2) is 0 Å². The standard InChI is InChI=1S/C15H20F2N2O3S2/c1-2-24(21,22)19-9-7-11(8-10-19)14(20)18-12-5-3-4-6-13(12)23-15(16)17/h3-6,11,15H,2,7-10H2,1H3,(H,18,20). The molecule has 0 unspecified atom stereocenters. The highest BCUT2D eigenvalue weighted by molar-refractivity contribution is 7.99. The number of piperidine rings is 1. The molecule has 1 saturated heterocycles. The van der Waals surface area contributed by atoms with Crippen LogP contribution in [-0.4, -0.2) is 43.2 Å². The summed E-state index contributed by atoms with van der Waals surface area (Å²) < 4.78 is 50.2. The predicted octanol–water partition coefficient (Wildman–Crippen LogP) is 3.00. The number of sulfonamides is 1. The molecule has 1 N–H and O–H groups in total. The molecular weight excluding hydrogens is 358 g/mol. The molecule has 0 spiro atoms. The Bertz CT molecular complexity index is 675. The van der Waals surface area contributed by atoms with Gasteiger partial charge in [0.25, 0.3) is 5.76 Å². The quantitative estimate of drug-likeness (QED) is 0.773. The van der Waals surface area contributed by atoms with Crippen LogP contribution in [0.25, 0.3) is 0 Å². The Kier molecular flexibility index (Phi) is 6.59. The van der Waals surface area contributed by atoms with Crippen molar-refractivity contribution in [3.05, 3.63) is 24.3 Å². The van der Waals surface area contributed by atoms with E-state index in [9.17, 15) is 22.0 Å². The molecule has 1 amide bonds. The lowest BCUT2D eigenvalue weighted by molar-refractivity contribution is -0.120. The number of carbonyl (C=O) groups excluding carboxylic acids is 1. The molecule has 2 rings (SSSR count). The molecule has 0 radical (unpaired) electrons. The molecule has 0 atom stereocenters. The van der Waals surface area contributed by atoms with E-state index in [-0.39, 0.29) is 17.6 Å². The number of nitrogens with one attached hydrogen (secondary N) is 1. The first-order valence-corrected chi connectivity index (χ1v) is 10.1. The predicted molar refractivity (Wildman–Crippen MR) is 90.7 cm³/mol. The number of hydrogen-bond acceptors (Lipinski definition) is 4. The first-order chi connectivity index (χ1) is 11.3. The van der Waals surface area contributed by atoms with Crippen LogP contribution in [0, 0.1) is 5.92 Å². The highest BCUT2D eigenvalue weighted by Crippen LogP contribution is 2.32. The van der Waals surface area contributed by atoms with Crippen molar-refractivity contribution < 1.29 is 22.0 Å². The summed E-state index contributed by atoms with van der Waals surface area (Å²) in [7, 11) is -3.23. The minimum Gasteiger partial charge on any atom is -0.325 e. The Morgan fingerprint density at radius 2 is 1.96 bits per heavy atom. The van der Waals surface area contributed by atoms with Gasteiger partial charge in [-0.15, -0.1) is 0 Å². The smallest absolute Gasteiger partial charge is 0.288 e. The Morgan fingerprint density at radius 1 is 1.33 bits per heavy atom. The fourth-order valence-electron chi connectivity index (χ4n) is 2.58. The number of benzene rings is 1. The van der Waals surface area contributed by atoms with Crippen LogP contribution in [0.4, 0.5) is 14.5 Å². The highest BCUT2D eigenvalue weighted by Gasteiger charge is 2.30. The van der Waals surface area contributed by atoms with Crippen LogP contribution < -0.4 is 5.32 Å². The van der Waals surface area contributed by atoms with Gasteiger partial charge in [-0.25, -0.2) is 12.7 Å². The molecule has 1 heterocycles. The fraction of sp³-hybridized carbons (Fsp3) is 0.533. The third kappa shape index (κ3) is 4.90. The fourth-order valence-corrected chi connectivity index (χ4v) is 4.31. The van der Waals surface area contributed by atoms with Gasteiger partial charge in [-0.3, -0.25) is 4.79 Å². The Balaban J connectivity index is 1.97. The van der Waals surface area contributed by atoms with E-state index in [0.29, 0.717) is 48.3 Å². The summed E-state index contributed by atoms with van der Waals surface area (Å²) in [6.07, 6.45) is 0.852. The van der Waals surface area contributed by atoms with Gasteiger partial charge in [0.2, 0.25) is 15.9 Å². The molecular formula is C15H20F2N2O3S2. The normalized spacial score (nSPS) is 17.2.